The van der Waals surface area contributed by atoms with Crippen LogP contribution in [0.3, 0.4) is 0 Å². The number of hydrogen-bond acceptors (Lipinski definition) is 2. The van der Waals surface area contributed by atoms with Crippen molar-refractivity contribution in [1.29, 1.82) is 0 Å². The maximum atomic E-state index is 8.93. The van der Waals surface area contributed by atoms with Crippen LogP contribution in [0.2, 0.25) is 0 Å². The van der Waals surface area contributed by atoms with E-state index in [0.29, 0.717) is 6.61 Å². The highest BCUT2D eigenvalue weighted by Crippen LogP contribution is 2.29. The second kappa shape index (κ2) is 9.11. The summed E-state index contributed by atoms with van der Waals surface area (Å²) in [6, 6.07) is 10.6. The van der Waals surface area contributed by atoms with Gasteiger partial charge in [-0.2, -0.15) is 0 Å². The average Bonchev–Trinajstić information content (AvgIpc) is 2.41. The first-order chi connectivity index (χ1) is 9.26. The van der Waals surface area contributed by atoms with Crippen molar-refractivity contribution in [1.82, 2.24) is 0 Å². The van der Waals surface area contributed by atoms with Gasteiger partial charge in [-0.3, -0.25) is 0 Å². The van der Waals surface area contributed by atoms with Gasteiger partial charge in [0, 0.05) is 19.6 Å². The van der Waals surface area contributed by atoms with Gasteiger partial charge in [0.2, 0.25) is 0 Å². The van der Waals surface area contributed by atoms with Crippen LogP contribution >= 0.6 is 0 Å². The monoisotopic (exact) mass is 264 g/mol. The smallest absolute Gasteiger partial charge is 0.0722 e. The van der Waals surface area contributed by atoms with Crippen molar-refractivity contribution in [3.63, 3.8) is 0 Å². The molecule has 0 fully saturated rings. The standard InChI is InChI=1S/C17H28O2/c1-3-11-17(12-4-2,19-14-8-13-18)15-16-9-6-5-7-10-16/h5-7,9-10,18H,3-4,8,11-15H2,1-2H3. The van der Waals surface area contributed by atoms with Crippen LogP contribution in [-0.4, -0.2) is 23.9 Å². The van der Waals surface area contributed by atoms with E-state index in [0.717, 1.165) is 38.5 Å². The fourth-order valence-electron chi connectivity index (χ4n) is 2.73. The fourth-order valence-corrected chi connectivity index (χ4v) is 2.73. The first-order valence-corrected chi connectivity index (χ1v) is 7.55. The van der Waals surface area contributed by atoms with Gasteiger partial charge in [0.25, 0.3) is 0 Å². The fraction of sp³-hybridized carbons (Fsp3) is 0.647. The zero-order chi connectivity index (χ0) is 14.0. The molecule has 0 amide bonds. The van der Waals surface area contributed by atoms with E-state index >= 15 is 0 Å². The summed E-state index contributed by atoms with van der Waals surface area (Å²) >= 11 is 0. The highest BCUT2D eigenvalue weighted by Gasteiger charge is 2.29. The third-order valence-electron chi connectivity index (χ3n) is 3.49. The van der Waals surface area contributed by atoms with Crippen LogP contribution in [0.15, 0.2) is 30.3 Å². The normalized spacial score (nSPS) is 11.7. The Balaban J connectivity index is 2.75. The lowest BCUT2D eigenvalue weighted by Crippen LogP contribution is -2.35. The molecule has 0 spiro atoms. The quantitative estimate of drug-likeness (QED) is 0.648. The molecule has 1 N–H and O–H groups in total. The van der Waals surface area contributed by atoms with Crippen LogP contribution in [0.4, 0.5) is 0 Å². The second-order valence-electron chi connectivity index (χ2n) is 5.27. The predicted molar refractivity (Wildman–Crippen MR) is 80.3 cm³/mol. The Labute approximate surface area is 117 Å². The lowest BCUT2D eigenvalue weighted by Gasteiger charge is -2.34. The van der Waals surface area contributed by atoms with Crippen LogP contribution in [-0.2, 0) is 11.2 Å². The minimum Gasteiger partial charge on any atom is -0.396 e. The third-order valence-corrected chi connectivity index (χ3v) is 3.49. The molecular formula is C17H28O2. The largest absolute Gasteiger partial charge is 0.396 e. The summed E-state index contributed by atoms with van der Waals surface area (Å²) < 4.78 is 6.19. The molecule has 0 heterocycles. The van der Waals surface area contributed by atoms with E-state index in [1.54, 1.807) is 0 Å². The molecule has 0 saturated carbocycles. The van der Waals surface area contributed by atoms with Crippen LogP contribution < -0.4 is 0 Å². The summed E-state index contributed by atoms with van der Waals surface area (Å²) in [5.74, 6) is 0. The molecule has 0 aliphatic carbocycles. The van der Waals surface area contributed by atoms with Gasteiger partial charge in [-0.25, -0.2) is 0 Å². The van der Waals surface area contributed by atoms with E-state index in [4.69, 9.17) is 9.84 Å². The highest BCUT2D eigenvalue weighted by molar-refractivity contribution is 5.17. The molecule has 0 atom stereocenters. The topological polar surface area (TPSA) is 29.5 Å². The van der Waals surface area contributed by atoms with Gasteiger partial charge in [0.05, 0.1) is 5.60 Å². The summed E-state index contributed by atoms with van der Waals surface area (Å²) in [5, 5.41) is 8.93. The zero-order valence-corrected chi connectivity index (χ0v) is 12.4. The Bertz CT molecular complexity index is 315. The van der Waals surface area contributed by atoms with Crippen molar-refractivity contribution >= 4 is 0 Å². The summed E-state index contributed by atoms with van der Waals surface area (Å²) in [5.41, 5.74) is 1.29. The number of ether oxygens (including phenoxy) is 1. The Morgan fingerprint density at radius 1 is 1.05 bits per heavy atom. The number of aliphatic hydroxyl groups is 1. The SMILES string of the molecule is CCCC(CCC)(Cc1ccccc1)OCCCO. The van der Waals surface area contributed by atoms with Gasteiger partial charge in [0.15, 0.2) is 0 Å². The number of hydrogen-bond donors (Lipinski definition) is 1. The number of rotatable bonds is 10. The first kappa shape index (κ1) is 16.2. The molecule has 108 valence electrons. The molecule has 0 aromatic heterocycles. The Hall–Kier alpha value is -0.860. The molecule has 2 nitrogen and oxygen atoms in total. The molecule has 0 aliphatic rings. The maximum absolute atomic E-state index is 8.93. The Morgan fingerprint density at radius 3 is 2.21 bits per heavy atom. The lowest BCUT2D eigenvalue weighted by molar-refractivity contribution is -0.0621. The van der Waals surface area contributed by atoms with E-state index in [-0.39, 0.29) is 12.2 Å². The van der Waals surface area contributed by atoms with E-state index in [1.165, 1.54) is 5.56 Å². The van der Waals surface area contributed by atoms with Gasteiger partial charge in [-0.05, 0) is 24.8 Å². The first-order valence-electron chi connectivity index (χ1n) is 7.55. The van der Waals surface area contributed by atoms with Gasteiger partial charge in [-0.1, -0.05) is 57.0 Å². The minimum atomic E-state index is -0.0555. The number of aliphatic hydroxyl groups excluding tert-OH is 1. The molecule has 1 aromatic carbocycles. The van der Waals surface area contributed by atoms with Crippen molar-refractivity contribution in [2.24, 2.45) is 0 Å². The summed E-state index contributed by atoms with van der Waals surface area (Å²) in [6.45, 7) is 5.29. The molecular weight excluding hydrogens is 236 g/mol. The Kier molecular flexibility index (Phi) is 7.76. The third kappa shape index (κ3) is 5.75. The van der Waals surface area contributed by atoms with Gasteiger partial charge in [0.1, 0.15) is 0 Å². The van der Waals surface area contributed by atoms with E-state index in [1.807, 2.05) is 0 Å². The summed E-state index contributed by atoms with van der Waals surface area (Å²) in [7, 11) is 0. The lowest BCUT2D eigenvalue weighted by atomic mass is 9.86. The van der Waals surface area contributed by atoms with Crippen LogP contribution in [0.1, 0.15) is 51.5 Å². The molecule has 0 aliphatic heterocycles. The van der Waals surface area contributed by atoms with Crippen molar-refractivity contribution in [3.8, 4) is 0 Å². The molecule has 0 saturated heterocycles. The van der Waals surface area contributed by atoms with Crippen LogP contribution in [0.25, 0.3) is 0 Å². The highest BCUT2D eigenvalue weighted by atomic mass is 16.5. The van der Waals surface area contributed by atoms with E-state index < -0.39 is 0 Å². The van der Waals surface area contributed by atoms with Crippen molar-refractivity contribution < 1.29 is 9.84 Å². The second-order valence-corrected chi connectivity index (χ2v) is 5.27. The molecule has 1 rings (SSSR count). The van der Waals surface area contributed by atoms with Crippen molar-refractivity contribution in [2.45, 2.75) is 58.0 Å². The van der Waals surface area contributed by atoms with E-state index in [9.17, 15) is 0 Å². The summed E-state index contributed by atoms with van der Waals surface area (Å²) in [4.78, 5) is 0. The van der Waals surface area contributed by atoms with E-state index in [2.05, 4.69) is 44.2 Å². The van der Waals surface area contributed by atoms with Crippen molar-refractivity contribution in [3.05, 3.63) is 35.9 Å². The molecule has 0 bridgehead atoms. The van der Waals surface area contributed by atoms with Crippen molar-refractivity contribution in [2.75, 3.05) is 13.2 Å². The molecule has 19 heavy (non-hydrogen) atoms. The average molecular weight is 264 g/mol. The molecule has 0 radical (unpaired) electrons. The maximum Gasteiger partial charge on any atom is 0.0722 e. The molecule has 2 heteroatoms. The minimum absolute atomic E-state index is 0.0555. The molecule has 0 unspecified atom stereocenters. The zero-order valence-electron chi connectivity index (χ0n) is 12.4. The van der Waals surface area contributed by atoms with Gasteiger partial charge >= 0.3 is 0 Å². The Morgan fingerprint density at radius 2 is 1.68 bits per heavy atom. The van der Waals surface area contributed by atoms with Gasteiger partial charge in [-0.15, -0.1) is 0 Å². The number of benzene rings is 1. The van der Waals surface area contributed by atoms with Crippen LogP contribution in [0.5, 0.6) is 0 Å². The van der Waals surface area contributed by atoms with Crippen LogP contribution in [0, 0.1) is 0 Å². The molecule has 1 aromatic rings. The summed E-state index contributed by atoms with van der Waals surface area (Å²) in [6.07, 6.45) is 6.13. The van der Waals surface area contributed by atoms with Gasteiger partial charge < -0.3 is 9.84 Å². The predicted octanol–water partition coefficient (Wildman–Crippen LogP) is 3.97.